The van der Waals surface area contributed by atoms with E-state index in [4.69, 9.17) is 0 Å². The zero-order valence-corrected chi connectivity index (χ0v) is 11.7. The molecule has 1 saturated heterocycles. The minimum atomic E-state index is 0.218. The molecular formula is C14H28N2O. The van der Waals surface area contributed by atoms with Crippen LogP contribution in [0, 0.1) is 5.92 Å². The fraction of sp³-hybridized carbons (Fsp3) is 0.929. The molecule has 3 nitrogen and oxygen atoms in total. The maximum absolute atomic E-state index is 12.2. The molecular weight excluding hydrogens is 212 g/mol. The summed E-state index contributed by atoms with van der Waals surface area (Å²) in [6.07, 6.45) is 6.10. The SMILES string of the molecule is CCCCCCC(C)C(=O)N1CCN(C)CC1. The zero-order valence-electron chi connectivity index (χ0n) is 11.7. The van der Waals surface area contributed by atoms with Gasteiger partial charge in [0, 0.05) is 32.1 Å². The molecule has 0 radical (unpaired) electrons. The van der Waals surface area contributed by atoms with E-state index in [0.717, 1.165) is 32.6 Å². The smallest absolute Gasteiger partial charge is 0.225 e. The van der Waals surface area contributed by atoms with Gasteiger partial charge in [-0.15, -0.1) is 0 Å². The Balaban J connectivity index is 2.21. The fourth-order valence-corrected chi connectivity index (χ4v) is 2.34. The molecule has 0 spiro atoms. The van der Waals surface area contributed by atoms with Gasteiger partial charge in [0.1, 0.15) is 0 Å². The maximum Gasteiger partial charge on any atom is 0.225 e. The number of rotatable bonds is 6. The van der Waals surface area contributed by atoms with Crippen molar-refractivity contribution in [3.8, 4) is 0 Å². The summed E-state index contributed by atoms with van der Waals surface area (Å²) in [4.78, 5) is 16.5. The first-order chi connectivity index (χ1) is 8.15. The van der Waals surface area contributed by atoms with Crippen molar-refractivity contribution in [2.45, 2.75) is 46.0 Å². The maximum atomic E-state index is 12.2. The van der Waals surface area contributed by atoms with Gasteiger partial charge in [0.15, 0.2) is 0 Å². The second-order valence-corrected chi connectivity index (χ2v) is 5.38. The average molecular weight is 240 g/mol. The van der Waals surface area contributed by atoms with Crippen LogP contribution in [0.2, 0.25) is 0 Å². The van der Waals surface area contributed by atoms with Crippen LogP contribution in [0.5, 0.6) is 0 Å². The highest BCUT2D eigenvalue weighted by Crippen LogP contribution is 2.14. The van der Waals surface area contributed by atoms with Crippen molar-refractivity contribution < 1.29 is 4.79 Å². The number of amides is 1. The van der Waals surface area contributed by atoms with E-state index in [1.54, 1.807) is 0 Å². The van der Waals surface area contributed by atoms with Crippen molar-refractivity contribution in [3.05, 3.63) is 0 Å². The summed E-state index contributed by atoms with van der Waals surface area (Å²) in [5, 5.41) is 0. The van der Waals surface area contributed by atoms with Crippen molar-refractivity contribution in [2.24, 2.45) is 5.92 Å². The van der Waals surface area contributed by atoms with Crippen LogP contribution in [-0.4, -0.2) is 48.9 Å². The monoisotopic (exact) mass is 240 g/mol. The molecule has 3 heteroatoms. The second kappa shape index (κ2) is 7.70. The Morgan fingerprint density at radius 3 is 2.35 bits per heavy atom. The summed E-state index contributed by atoms with van der Waals surface area (Å²) in [6, 6.07) is 0. The summed E-state index contributed by atoms with van der Waals surface area (Å²) in [5.41, 5.74) is 0. The molecule has 1 atom stereocenters. The Hall–Kier alpha value is -0.570. The van der Waals surface area contributed by atoms with Gasteiger partial charge in [0.2, 0.25) is 5.91 Å². The summed E-state index contributed by atoms with van der Waals surface area (Å²) in [5.74, 6) is 0.588. The lowest BCUT2D eigenvalue weighted by Crippen LogP contribution is -2.48. The Morgan fingerprint density at radius 1 is 1.12 bits per heavy atom. The third-order valence-electron chi connectivity index (χ3n) is 3.73. The normalized spacial score (nSPS) is 19.4. The first-order valence-corrected chi connectivity index (χ1v) is 7.12. The number of hydrogen-bond acceptors (Lipinski definition) is 2. The van der Waals surface area contributed by atoms with Crippen molar-refractivity contribution in [1.29, 1.82) is 0 Å². The van der Waals surface area contributed by atoms with Crippen LogP contribution in [0.1, 0.15) is 46.0 Å². The molecule has 0 saturated carbocycles. The predicted octanol–water partition coefficient (Wildman–Crippen LogP) is 2.37. The molecule has 1 amide bonds. The largest absolute Gasteiger partial charge is 0.340 e. The van der Waals surface area contributed by atoms with E-state index in [-0.39, 0.29) is 5.92 Å². The Morgan fingerprint density at radius 2 is 1.76 bits per heavy atom. The molecule has 1 aliphatic heterocycles. The van der Waals surface area contributed by atoms with Crippen LogP contribution in [0.4, 0.5) is 0 Å². The number of unbranched alkanes of at least 4 members (excludes halogenated alkanes) is 3. The molecule has 17 heavy (non-hydrogen) atoms. The molecule has 1 rings (SSSR count). The van der Waals surface area contributed by atoms with Crippen LogP contribution in [0.15, 0.2) is 0 Å². The standard InChI is InChI=1S/C14H28N2O/c1-4-5-6-7-8-13(2)14(17)16-11-9-15(3)10-12-16/h13H,4-12H2,1-3H3. The second-order valence-electron chi connectivity index (χ2n) is 5.38. The first kappa shape index (κ1) is 14.5. The lowest BCUT2D eigenvalue weighted by Gasteiger charge is -2.34. The molecule has 0 aromatic carbocycles. The molecule has 0 bridgehead atoms. The van der Waals surface area contributed by atoms with Crippen LogP contribution in [0.25, 0.3) is 0 Å². The molecule has 1 heterocycles. The average Bonchev–Trinajstić information content (AvgIpc) is 2.34. The Bertz CT molecular complexity index is 222. The van der Waals surface area contributed by atoms with Crippen LogP contribution in [-0.2, 0) is 4.79 Å². The van der Waals surface area contributed by atoms with Gasteiger partial charge in [0.05, 0.1) is 0 Å². The topological polar surface area (TPSA) is 23.6 Å². The molecule has 100 valence electrons. The van der Waals surface area contributed by atoms with Gasteiger partial charge in [-0.25, -0.2) is 0 Å². The van der Waals surface area contributed by atoms with Crippen LogP contribution >= 0.6 is 0 Å². The number of nitrogens with zero attached hydrogens (tertiary/aromatic N) is 2. The van der Waals surface area contributed by atoms with Crippen molar-refractivity contribution >= 4 is 5.91 Å². The quantitative estimate of drug-likeness (QED) is 0.665. The number of piperazine rings is 1. The van der Waals surface area contributed by atoms with E-state index in [1.165, 1.54) is 25.7 Å². The molecule has 0 aromatic rings. The van der Waals surface area contributed by atoms with Gasteiger partial charge in [-0.1, -0.05) is 39.5 Å². The Labute approximate surface area is 106 Å². The minimum Gasteiger partial charge on any atom is -0.340 e. The summed E-state index contributed by atoms with van der Waals surface area (Å²) >= 11 is 0. The molecule has 0 N–H and O–H groups in total. The number of carbonyl (C=O) groups is 1. The van der Waals surface area contributed by atoms with E-state index in [0.29, 0.717) is 5.91 Å². The van der Waals surface area contributed by atoms with Gasteiger partial charge in [0.25, 0.3) is 0 Å². The van der Waals surface area contributed by atoms with Gasteiger partial charge in [-0.3, -0.25) is 4.79 Å². The molecule has 1 aliphatic rings. The van der Waals surface area contributed by atoms with Gasteiger partial charge >= 0.3 is 0 Å². The van der Waals surface area contributed by atoms with E-state index in [9.17, 15) is 4.79 Å². The minimum absolute atomic E-state index is 0.218. The number of carbonyl (C=O) groups excluding carboxylic acids is 1. The van der Waals surface area contributed by atoms with Crippen molar-refractivity contribution in [1.82, 2.24) is 9.80 Å². The van der Waals surface area contributed by atoms with Crippen LogP contribution < -0.4 is 0 Å². The highest BCUT2D eigenvalue weighted by Gasteiger charge is 2.22. The lowest BCUT2D eigenvalue weighted by atomic mass is 10.0. The summed E-state index contributed by atoms with van der Waals surface area (Å²) in [7, 11) is 2.12. The predicted molar refractivity (Wildman–Crippen MR) is 72.0 cm³/mol. The van der Waals surface area contributed by atoms with Gasteiger partial charge in [-0.05, 0) is 13.5 Å². The number of hydrogen-bond donors (Lipinski definition) is 0. The molecule has 0 aliphatic carbocycles. The van der Waals surface area contributed by atoms with E-state index in [1.807, 2.05) is 4.90 Å². The summed E-state index contributed by atoms with van der Waals surface area (Å²) < 4.78 is 0. The Kier molecular flexibility index (Phi) is 6.56. The van der Waals surface area contributed by atoms with Crippen LogP contribution in [0.3, 0.4) is 0 Å². The highest BCUT2D eigenvalue weighted by atomic mass is 16.2. The van der Waals surface area contributed by atoms with Gasteiger partial charge in [-0.2, -0.15) is 0 Å². The molecule has 1 fully saturated rings. The summed E-state index contributed by atoms with van der Waals surface area (Å²) in [6.45, 7) is 8.18. The first-order valence-electron chi connectivity index (χ1n) is 7.12. The fourth-order valence-electron chi connectivity index (χ4n) is 2.34. The van der Waals surface area contributed by atoms with E-state index >= 15 is 0 Å². The highest BCUT2D eigenvalue weighted by molar-refractivity contribution is 5.78. The lowest BCUT2D eigenvalue weighted by molar-refractivity contribution is -0.136. The molecule has 1 unspecified atom stereocenters. The number of likely N-dealkylation sites (N-methyl/N-ethyl adjacent to an activating group) is 1. The third-order valence-corrected chi connectivity index (χ3v) is 3.73. The van der Waals surface area contributed by atoms with E-state index in [2.05, 4.69) is 25.8 Å². The molecule has 0 aromatic heterocycles. The van der Waals surface area contributed by atoms with Gasteiger partial charge < -0.3 is 9.80 Å². The zero-order chi connectivity index (χ0) is 12.7. The van der Waals surface area contributed by atoms with Crippen molar-refractivity contribution in [2.75, 3.05) is 33.2 Å². The van der Waals surface area contributed by atoms with Crippen molar-refractivity contribution in [3.63, 3.8) is 0 Å². The van der Waals surface area contributed by atoms with E-state index < -0.39 is 0 Å². The third kappa shape index (κ3) is 5.07.